The third kappa shape index (κ3) is 33.4. The van der Waals surface area contributed by atoms with Gasteiger partial charge in [0.15, 0.2) is 0 Å². The lowest BCUT2D eigenvalue weighted by molar-refractivity contribution is -0.108. The zero-order chi connectivity index (χ0) is 26.0. The van der Waals surface area contributed by atoms with E-state index in [2.05, 4.69) is 6.92 Å². The maximum Gasteiger partial charge on any atom is 0.122 e. The molecule has 0 fully saturated rings. The van der Waals surface area contributed by atoms with Crippen LogP contribution in [0.2, 0.25) is 0 Å². The quantitative estimate of drug-likeness (QED) is 0.0761. The lowest BCUT2D eigenvalue weighted by atomic mass is 10.0. The summed E-state index contributed by atoms with van der Waals surface area (Å²) >= 11 is 0. The number of carbonyl (C=O) groups is 1. The summed E-state index contributed by atoms with van der Waals surface area (Å²) in [5.74, 6) is 0. The summed E-state index contributed by atoms with van der Waals surface area (Å²) in [6.07, 6.45) is 20.6. The van der Waals surface area contributed by atoms with Gasteiger partial charge in [-0.25, -0.2) is 0 Å². The monoisotopic (exact) mass is 518 g/mol. The predicted molar refractivity (Wildman–Crippen MR) is 146 cm³/mol. The van der Waals surface area contributed by atoms with Crippen molar-refractivity contribution in [2.45, 2.75) is 103 Å². The van der Waals surface area contributed by atoms with Crippen LogP contribution in [0.1, 0.15) is 103 Å². The van der Waals surface area contributed by atoms with Gasteiger partial charge in [0.2, 0.25) is 0 Å². The Hall–Kier alpha value is -0.570. The summed E-state index contributed by atoms with van der Waals surface area (Å²) in [4.78, 5) is 10.1. The molecule has 0 aromatic heterocycles. The first-order valence-corrected chi connectivity index (χ1v) is 14.8. The van der Waals surface area contributed by atoms with E-state index in [1.807, 2.05) is 0 Å². The standard InChI is InChI=1S/C29H58O7/c1-2-3-4-5-6-7-8-9-10-11-12-13-14-15-18-31-20-22-33-24-26-35-28-29-36-27-25-34-23-21-32-19-16-17-30/h17H,2-16,18-29H2,1H3. The molecular formula is C29H58O7. The fraction of sp³-hybridized carbons (Fsp3) is 0.966. The largest absolute Gasteiger partial charge is 0.379 e. The molecule has 0 saturated carbocycles. The molecule has 0 aliphatic carbocycles. The molecule has 216 valence electrons. The molecule has 0 aliphatic rings. The maximum atomic E-state index is 10.1. The molecule has 0 atom stereocenters. The molecular weight excluding hydrogens is 460 g/mol. The van der Waals surface area contributed by atoms with Crippen molar-refractivity contribution in [3.8, 4) is 0 Å². The highest BCUT2D eigenvalue weighted by Gasteiger charge is 1.96. The molecule has 0 rings (SSSR count). The molecule has 7 nitrogen and oxygen atoms in total. The first kappa shape index (κ1) is 35.4. The topological polar surface area (TPSA) is 72.5 Å². The molecule has 0 heterocycles. The van der Waals surface area contributed by atoms with Crippen molar-refractivity contribution >= 4 is 6.29 Å². The fourth-order valence-corrected chi connectivity index (χ4v) is 3.73. The average molecular weight is 519 g/mol. The van der Waals surface area contributed by atoms with Gasteiger partial charge in [-0.2, -0.15) is 0 Å². The zero-order valence-electron chi connectivity index (χ0n) is 23.5. The van der Waals surface area contributed by atoms with Gasteiger partial charge >= 0.3 is 0 Å². The second-order valence-corrected chi connectivity index (χ2v) is 9.23. The summed E-state index contributed by atoms with van der Waals surface area (Å²) in [5, 5.41) is 0. The summed E-state index contributed by atoms with van der Waals surface area (Å²) in [7, 11) is 0. The maximum absolute atomic E-state index is 10.1. The third-order valence-corrected chi connectivity index (χ3v) is 5.88. The molecule has 0 radical (unpaired) electrons. The lowest BCUT2D eigenvalue weighted by Crippen LogP contribution is -2.14. The summed E-state index contributed by atoms with van der Waals surface area (Å²) in [6, 6.07) is 0. The zero-order valence-corrected chi connectivity index (χ0v) is 23.5. The molecule has 0 unspecified atom stereocenters. The molecule has 0 spiro atoms. The van der Waals surface area contributed by atoms with Crippen molar-refractivity contribution in [2.24, 2.45) is 0 Å². The van der Waals surface area contributed by atoms with Gasteiger partial charge < -0.3 is 33.2 Å². The highest BCUT2D eigenvalue weighted by atomic mass is 16.6. The molecule has 7 heteroatoms. The van der Waals surface area contributed by atoms with Crippen LogP contribution in [0.5, 0.6) is 0 Å². The fourth-order valence-electron chi connectivity index (χ4n) is 3.73. The minimum absolute atomic E-state index is 0.432. The Balaban J connectivity index is 3.00. The van der Waals surface area contributed by atoms with Crippen LogP contribution in [0, 0.1) is 0 Å². The number of carbonyl (C=O) groups excluding carboxylic acids is 1. The Labute approximate surface area is 222 Å². The van der Waals surface area contributed by atoms with Crippen molar-refractivity contribution < 1.29 is 33.2 Å². The van der Waals surface area contributed by atoms with Crippen molar-refractivity contribution in [1.29, 1.82) is 0 Å². The number of ether oxygens (including phenoxy) is 6. The van der Waals surface area contributed by atoms with Gasteiger partial charge in [-0.1, -0.05) is 90.4 Å². The van der Waals surface area contributed by atoms with E-state index in [-0.39, 0.29) is 0 Å². The lowest BCUT2D eigenvalue weighted by Gasteiger charge is -2.08. The molecule has 0 amide bonds. The number of aldehydes is 1. The Morgan fingerprint density at radius 1 is 0.361 bits per heavy atom. The van der Waals surface area contributed by atoms with Crippen LogP contribution < -0.4 is 0 Å². The summed E-state index contributed by atoms with van der Waals surface area (Å²) < 4.78 is 32.6. The van der Waals surface area contributed by atoms with Crippen LogP contribution in [0.25, 0.3) is 0 Å². The van der Waals surface area contributed by atoms with Gasteiger partial charge in [0.1, 0.15) is 6.29 Å². The first-order chi connectivity index (χ1) is 17.9. The smallest absolute Gasteiger partial charge is 0.122 e. The van der Waals surface area contributed by atoms with Gasteiger partial charge in [0.25, 0.3) is 0 Å². The SMILES string of the molecule is CCCCCCCCCCCCCCCCOCCOCCOCCOCCOCCOCCC=O. The molecule has 36 heavy (non-hydrogen) atoms. The number of hydrogen-bond acceptors (Lipinski definition) is 7. The Morgan fingerprint density at radius 3 is 0.972 bits per heavy atom. The van der Waals surface area contributed by atoms with E-state index < -0.39 is 0 Å². The Morgan fingerprint density at radius 2 is 0.639 bits per heavy atom. The van der Waals surface area contributed by atoms with E-state index in [1.165, 1.54) is 83.5 Å². The van der Waals surface area contributed by atoms with E-state index in [1.54, 1.807) is 0 Å². The van der Waals surface area contributed by atoms with E-state index in [9.17, 15) is 4.79 Å². The van der Waals surface area contributed by atoms with Crippen LogP contribution >= 0.6 is 0 Å². The number of hydrogen-bond donors (Lipinski definition) is 0. The summed E-state index contributed by atoms with van der Waals surface area (Å²) in [5.41, 5.74) is 0. The molecule has 0 aliphatic heterocycles. The van der Waals surface area contributed by atoms with E-state index >= 15 is 0 Å². The van der Waals surface area contributed by atoms with Crippen LogP contribution in [-0.4, -0.2) is 85.6 Å². The first-order valence-electron chi connectivity index (χ1n) is 14.8. The average Bonchev–Trinajstić information content (AvgIpc) is 2.89. The number of unbranched alkanes of at least 4 members (excludes halogenated alkanes) is 13. The predicted octanol–water partition coefficient (Wildman–Crippen LogP) is 6.16. The minimum Gasteiger partial charge on any atom is -0.379 e. The van der Waals surface area contributed by atoms with Crippen molar-refractivity contribution in [3.05, 3.63) is 0 Å². The van der Waals surface area contributed by atoms with Gasteiger partial charge in [0.05, 0.1) is 72.7 Å². The minimum atomic E-state index is 0.432. The van der Waals surface area contributed by atoms with Crippen LogP contribution in [0.4, 0.5) is 0 Å². The third-order valence-electron chi connectivity index (χ3n) is 5.88. The second kappa shape index (κ2) is 34.4. The summed E-state index contributed by atoms with van der Waals surface area (Å²) in [6.45, 7) is 9.16. The normalized spacial score (nSPS) is 11.4. The van der Waals surface area contributed by atoms with Gasteiger partial charge in [0, 0.05) is 13.0 Å². The van der Waals surface area contributed by atoms with E-state index in [0.717, 1.165) is 19.3 Å². The van der Waals surface area contributed by atoms with Crippen LogP contribution in [0.3, 0.4) is 0 Å². The van der Waals surface area contributed by atoms with Gasteiger partial charge in [-0.05, 0) is 6.42 Å². The molecule has 0 aromatic rings. The van der Waals surface area contributed by atoms with E-state index in [4.69, 9.17) is 28.4 Å². The molecule has 0 aromatic carbocycles. The highest BCUT2D eigenvalue weighted by Crippen LogP contribution is 2.12. The van der Waals surface area contributed by atoms with Gasteiger partial charge in [-0.15, -0.1) is 0 Å². The van der Waals surface area contributed by atoms with Crippen LogP contribution in [-0.2, 0) is 33.2 Å². The van der Waals surface area contributed by atoms with Gasteiger partial charge in [-0.3, -0.25) is 0 Å². The Bertz CT molecular complexity index is 396. The number of rotatable bonds is 33. The molecule has 0 saturated heterocycles. The Kier molecular flexibility index (Phi) is 33.9. The van der Waals surface area contributed by atoms with Crippen LogP contribution in [0.15, 0.2) is 0 Å². The van der Waals surface area contributed by atoms with Crippen molar-refractivity contribution in [3.63, 3.8) is 0 Å². The molecule has 0 N–H and O–H groups in total. The molecule has 0 bridgehead atoms. The van der Waals surface area contributed by atoms with E-state index in [0.29, 0.717) is 79.1 Å². The van der Waals surface area contributed by atoms with Crippen molar-refractivity contribution in [1.82, 2.24) is 0 Å². The second-order valence-electron chi connectivity index (χ2n) is 9.23. The van der Waals surface area contributed by atoms with Crippen molar-refractivity contribution in [2.75, 3.05) is 79.3 Å². The highest BCUT2D eigenvalue weighted by molar-refractivity contribution is 5.49.